The molecule has 1 aromatic rings. The molecule has 27 heavy (non-hydrogen) atoms. The molecule has 3 heterocycles. The van der Waals surface area contributed by atoms with Gasteiger partial charge in [0.05, 0.1) is 6.26 Å². The molecule has 0 radical (unpaired) electrons. The monoisotopic (exact) mass is 435 g/mol. The molecule has 0 spiro atoms. The SMILES string of the molecule is CS(=O)(=O)N(CCCN1CCCC1)C1CCCN(S(=O)(=O)c2cccs2)C1. The molecule has 2 aliphatic rings. The second kappa shape index (κ2) is 8.87. The molecule has 1 atom stereocenters. The van der Waals surface area contributed by atoms with Crippen LogP contribution in [0.4, 0.5) is 0 Å². The zero-order valence-electron chi connectivity index (χ0n) is 15.8. The van der Waals surface area contributed by atoms with Crippen molar-refractivity contribution >= 4 is 31.4 Å². The maximum absolute atomic E-state index is 12.8. The summed E-state index contributed by atoms with van der Waals surface area (Å²) in [5.41, 5.74) is 0. The number of thiophene rings is 1. The number of hydrogen-bond donors (Lipinski definition) is 0. The minimum absolute atomic E-state index is 0.233. The highest BCUT2D eigenvalue weighted by molar-refractivity contribution is 7.91. The average Bonchev–Trinajstić information content (AvgIpc) is 3.31. The zero-order chi connectivity index (χ0) is 19.5. The number of nitrogens with zero attached hydrogens (tertiary/aromatic N) is 3. The van der Waals surface area contributed by atoms with Gasteiger partial charge in [-0.2, -0.15) is 8.61 Å². The van der Waals surface area contributed by atoms with Crippen molar-refractivity contribution in [2.45, 2.75) is 42.4 Å². The van der Waals surface area contributed by atoms with Crippen LogP contribution in [-0.2, 0) is 20.0 Å². The summed E-state index contributed by atoms with van der Waals surface area (Å²) in [5, 5.41) is 1.75. The van der Waals surface area contributed by atoms with Crippen LogP contribution in [-0.4, -0.2) is 81.9 Å². The van der Waals surface area contributed by atoms with E-state index in [1.807, 2.05) is 0 Å². The number of hydrogen-bond acceptors (Lipinski definition) is 6. The van der Waals surface area contributed by atoms with E-state index >= 15 is 0 Å². The van der Waals surface area contributed by atoms with Gasteiger partial charge in [-0.3, -0.25) is 0 Å². The fourth-order valence-electron chi connectivity index (χ4n) is 3.99. The maximum Gasteiger partial charge on any atom is 0.252 e. The van der Waals surface area contributed by atoms with Gasteiger partial charge in [-0.25, -0.2) is 16.8 Å². The molecule has 10 heteroatoms. The average molecular weight is 436 g/mol. The number of piperidine rings is 1. The largest absolute Gasteiger partial charge is 0.303 e. The van der Waals surface area contributed by atoms with Gasteiger partial charge < -0.3 is 4.90 Å². The Morgan fingerprint density at radius 1 is 1.15 bits per heavy atom. The fraction of sp³-hybridized carbons (Fsp3) is 0.765. The highest BCUT2D eigenvalue weighted by atomic mass is 32.2. The van der Waals surface area contributed by atoms with Gasteiger partial charge in [0.15, 0.2) is 0 Å². The lowest BCUT2D eigenvalue weighted by Gasteiger charge is -2.37. The van der Waals surface area contributed by atoms with Gasteiger partial charge in [-0.1, -0.05) is 6.07 Å². The van der Waals surface area contributed by atoms with Crippen molar-refractivity contribution in [1.29, 1.82) is 0 Å². The molecule has 154 valence electrons. The van der Waals surface area contributed by atoms with Gasteiger partial charge in [-0.15, -0.1) is 11.3 Å². The maximum atomic E-state index is 12.8. The first-order chi connectivity index (χ1) is 12.8. The van der Waals surface area contributed by atoms with Gasteiger partial charge in [0.25, 0.3) is 10.0 Å². The standard InChI is InChI=1S/C17H29N3O4S3/c1-26(21,22)20(13-6-11-18-9-2-3-10-18)16-7-4-12-19(15-16)27(23,24)17-8-5-14-25-17/h5,8,14,16H,2-4,6-7,9-13,15H2,1H3. The summed E-state index contributed by atoms with van der Waals surface area (Å²) in [7, 11) is -6.93. The first kappa shape index (κ1) is 21.2. The second-order valence-electron chi connectivity index (χ2n) is 7.37. The Kier molecular flexibility index (Phi) is 6.97. The quantitative estimate of drug-likeness (QED) is 0.620. The summed E-state index contributed by atoms with van der Waals surface area (Å²) in [4.78, 5) is 2.37. The third-order valence-corrected chi connectivity index (χ3v) is 9.90. The molecule has 0 N–H and O–H groups in total. The third-order valence-electron chi connectivity index (χ3n) is 5.33. The van der Waals surface area contributed by atoms with Crippen molar-refractivity contribution in [1.82, 2.24) is 13.5 Å². The van der Waals surface area contributed by atoms with Crippen LogP contribution in [0.3, 0.4) is 0 Å². The first-order valence-electron chi connectivity index (χ1n) is 9.51. The van der Waals surface area contributed by atoms with Crippen LogP contribution in [0.25, 0.3) is 0 Å². The van der Waals surface area contributed by atoms with Crippen LogP contribution in [0.15, 0.2) is 21.7 Å². The van der Waals surface area contributed by atoms with E-state index in [1.54, 1.807) is 17.5 Å². The highest BCUT2D eigenvalue weighted by Gasteiger charge is 2.36. The molecule has 1 unspecified atom stereocenters. The fourth-order valence-corrected chi connectivity index (χ4v) is 7.82. The minimum atomic E-state index is -3.54. The van der Waals surface area contributed by atoms with Crippen LogP contribution in [0, 0.1) is 0 Å². The van der Waals surface area contributed by atoms with Gasteiger partial charge in [0.1, 0.15) is 4.21 Å². The van der Waals surface area contributed by atoms with Gasteiger partial charge in [0.2, 0.25) is 10.0 Å². The Labute approximate surface area is 167 Å². The van der Waals surface area contributed by atoms with Crippen molar-refractivity contribution < 1.29 is 16.8 Å². The zero-order valence-corrected chi connectivity index (χ0v) is 18.2. The van der Waals surface area contributed by atoms with Gasteiger partial charge in [0, 0.05) is 25.7 Å². The van der Waals surface area contributed by atoms with E-state index in [0.717, 1.165) is 26.1 Å². The van der Waals surface area contributed by atoms with Crippen molar-refractivity contribution in [3.8, 4) is 0 Å². The molecular weight excluding hydrogens is 406 g/mol. The molecule has 1 aromatic heterocycles. The number of sulfonamides is 2. The molecular formula is C17H29N3O4S3. The molecule has 2 saturated heterocycles. The molecule has 3 rings (SSSR count). The lowest BCUT2D eigenvalue weighted by molar-refractivity contribution is 0.203. The Morgan fingerprint density at radius 3 is 2.52 bits per heavy atom. The molecule has 0 aliphatic carbocycles. The van der Waals surface area contributed by atoms with Gasteiger partial charge >= 0.3 is 0 Å². The number of likely N-dealkylation sites (tertiary alicyclic amines) is 1. The van der Waals surface area contributed by atoms with Crippen molar-refractivity contribution in [3.63, 3.8) is 0 Å². The van der Waals surface area contributed by atoms with Crippen LogP contribution < -0.4 is 0 Å². The summed E-state index contributed by atoms with van der Waals surface area (Å²) in [6.07, 6.45) is 5.82. The lowest BCUT2D eigenvalue weighted by atomic mass is 10.1. The molecule has 7 nitrogen and oxygen atoms in total. The normalized spacial score (nSPS) is 23.3. The van der Waals surface area contributed by atoms with Crippen LogP contribution in [0.5, 0.6) is 0 Å². The molecule has 0 aromatic carbocycles. The Morgan fingerprint density at radius 2 is 1.89 bits per heavy atom. The minimum Gasteiger partial charge on any atom is -0.303 e. The molecule has 0 amide bonds. The summed E-state index contributed by atoms with van der Waals surface area (Å²) in [6, 6.07) is 3.04. The Hall–Kier alpha value is -0.520. The molecule has 0 bridgehead atoms. The van der Waals surface area contributed by atoms with E-state index in [9.17, 15) is 16.8 Å². The molecule has 2 aliphatic heterocycles. The molecule has 0 saturated carbocycles. The van der Waals surface area contributed by atoms with E-state index in [4.69, 9.17) is 0 Å². The van der Waals surface area contributed by atoms with Crippen molar-refractivity contribution in [2.24, 2.45) is 0 Å². The predicted octanol–water partition coefficient (Wildman–Crippen LogP) is 1.65. The Balaban J connectivity index is 1.66. The van der Waals surface area contributed by atoms with E-state index in [-0.39, 0.29) is 12.6 Å². The van der Waals surface area contributed by atoms with E-state index < -0.39 is 20.0 Å². The topological polar surface area (TPSA) is 78.0 Å². The van der Waals surface area contributed by atoms with Crippen LogP contribution >= 0.6 is 11.3 Å². The predicted molar refractivity (Wildman–Crippen MR) is 108 cm³/mol. The first-order valence-corrected chi connectivity index (χ1v) is 13.7. The summed E-state index contributed by atoms with van der Waals surface area (Å²) in [5.74, 6) is 0. The molecule has 2 fully saturated rings. The van der Waals surface area contributed by atoms with E-state index in [2.05, 4.69) is 4.90 Å². The van der Waals surface area contributed by atoms with Crippen molar-refractivity contribution in [2.75, 3.05) is 45.5 Å². The smallest absolute Gasteiger partial charge is 0.252 e. The van der Waals surface area contributed by atoms with Crippen LogP contribution in [0.2, 0.25) is 0 Å². The second-order valence-corrected chi connectivity index (χ2v) is 12.4. The van der Waals surface area contributed by atoms with Gasteiger partial charge in [-0.05, 0) is 63.2 Å². The van der Waals surface area contributed by atoms with Crippen molar-refractivity contribution in [3.05, 3.63) is 17.5 Å². The summed E-state index contributed by atoms with van der Waals surface area (Å²) < 4.78 is 53.7. The lowest BCUT2D eigenvalue weighted by Crippen LogP contribution is -2.51. The highest BCUT2D eigenvalue weighted by Crippen LogP contribution is 2.26. The van der Waals surface area contributed by atoms with E-state index in [0.29, 0.717) is 30.1 Å². The Bertz CT molecular complexity index is 802. The van der Waals surface area contributed by atoms with Crippen LogP contribution in [0.1, 0.15) is 32.1 Å². The summed E-state index contributed by atoms with van der Waals surface area (Å²) in [6.45, 7) is 4.21. The number of rotatable bonds is 8. The van der Waals surface area contributed by atoms with E-state index in [1.165, 1.54) is 39.0 Å². The summed E-state index contributed by atoms with van der Waals surface area (Å²) >= 11 is 1.20. The third kappa shape index (κ3) is 5.30.